The Kier molecular flexibility index (Phi) is 2.58. The first-order valence-corrected chi connectivity index (χ1v) is 7.22. The lowest BCUT2D eigenvalue weighted by atomic mass is 9.48. The third-order valence-corrected chi connectivity index (χ3v) is 5.91. The highest BCUT2D eigenvalue weighted by Gasteiger charge is 2.57. The number of ketones is 1. The van der Waals surface area contributed by atoms with Crippen LogP contribution in [-0.2, 0) is 4.79 Å². The van der Waals surface area contributed by atoms with Crippen LogP contribution in [0.15, 0.2) is 35.2 Å². The molecule has 90 valence electrons. The maximum atomic E-state index is 12.4. The number of carbonyl (C=O) groups is 1. The van der Waals surface area contributed by atoms with Crippen LogP contribution in [0.4, 0.5) is 0 Å². The molecular formula is C15H18OS. The predicted molar refractivity (Wildman–Crippen MR) is 71.1 cm³/mol. The molecular weight excluding hydrogens is 228 g/mol. The number of carbonyl (C=O) groups excluding carboxylic acids is 1. The molecule has 2 heteroatoms. The summed E-state index contributed by atoms with van der Waals surface area (Å²) in [6.45, 7) is 4.51. The van der Waals surface area contributed by atoms with Gasteiger partial charge in [-0.15, -0.1) is 11.8 Å². The number of hydrogen-bond donors (Lipinski definition) is 0. The van der Waals surface area contributed by atoms with E-state index in [1.807, 2.05) is 18.2 Å². The topological polar surface area (TPSA) is 17.1 Å². The van der Waals surface area contributed by atoms with E-state index in [1.165, 1.54) is 4.90 Å². The first-order chi connectivity index (χ1) is 8.09. The van der Waals surface area contributed by atoms with E-state index in [0.717, 1.165) is 18.8 Å². The molecule has 0 radical (unpaired) electrons. The van der Waals surface area contributed by atoms with Gasteiger partial charge in [0.2, 0.25) is 0 Å². The summed E-state index contributed by atoms with van der Waals surface area (Å²) in [5.41, 5.74) is 0.269. The Hall–Kier alpha value is -0.760. The van der Waals surface area contributed by atoms with Gasteiger partial charge in [0.15, 0.2) is 0 Å². The lowest BCUT2D eigenvalue weighted by molar-refractivity contribution is -0.147. The highest BCUT2D eigenvalue weighted by molar-refractivity contribution is 8.00. The average molecular weight is 246 g/mol. The number of benzene rings is 1. The Morgan fingerprint density at radius 3 is 2.47 bits per heavy atom. The molecule has 3 saturated carbocycles. The molecule has 1 nitrogen and oxygen atoms in total. The number of Topliss-reactive ketones (excluding diaryl/α,β-unsaturated/α-hetero) is 1. The Bertz CT molecular complexity index is 437. The van der Waals surface area contributed by atoms with Crippen molar-refractivity contribution >= 4 is 17.5 Å². The average Bonchev–Trinajstić information content (AvgIpc) is 2.32. The van der Waals surface area contributed by atoms with Crippen molar-refractivity contribution in [2.45, 2.75) is 36.8 Å². The number of fused-ring (bicyclic) bond motifs is 2. The van der Waals surface area contributed by atoms with Crippen LogP contribution in [0.1, 0.15) is 26.7 Å². The van der Waals surface area contributed by atoms with E-state index >= 15 is 0 Å². The normalized spacial score (nSPS) is 34.2. The van der Waals surface area contributed by atoms with E-state index in [2.05, 4.69) is 26.0 Å². The number of thioether (sulfide) groups is 1. The van der Waals surface area contributed by atoms with Crippen LogP contribution in [0.2, 0.25) is 0 Å². The maximum absolute atomic E-state index is 12.4. The second-order valence-corrected chi connectivity index (χ2v) is 7.14. The van der Waals surface area contributed by atoms with Crippen LogP contribution >= 0.6 is 11.8 Å². The van der Waals surface area contributed by atoms with Crippen molar-refractivity contribution < 1.29 is 4.79 Å². The first-order valence-electron chi connectivity index (χ1n) is 6.34. The zero-order valence-corrected chi connectivity index (χ0v) is 11.2. The van der Waals surface area contributed by atoms with Crippen molar-refractivity contribution in [1.29, 1.82) is 0 Å². The smallest absolute Gasteiger partial charge is 0.149 e. The van der Waals surface area contributed by atoms with Crippen LogP contribution in [0.25, 0.3) is 0 Å². The van der Waals surface area contributed by atoms with Crippen LogP contribution in [0.3, 0.4) is 0 Å². The molecule has 0 aromatic heterocycles. The van der Waals surface area contributed by atoms with E-state index in [1.54, 1.807) is 11.8 Å². The summed E-state index contributed by atoms with van der Waals surface area (Å²) in [6.07, 6.45) is 2.21. The summed E-state index contributed by atoms with van der Waals surface area (Å²) >= 11 is 1.76. The summed E-state index contributed by atoms with van der Waals surface area (Å²) in [7, 11) is 0. The van der Waals surface area contributed by atoms with Crippen molar-refractivity contribution in [3.63, 3.8) is 0 Å². The second kappa shape index (κ2) is 3.88. The van der Waals surface area contributed by atoms with Gasteiger partial charge in [-0.25, -0.2) is 0 Å². The van der Waals surface area contributed by atoms with E-state index < -0.39 is 0 Å². The third-order valence-electron chi connectivity index (χ3n) is 4.65. The van der Waals surface area contributed by atoms with Crippen molar-refractivity contribution in [2.24, 2.45) is 17.3 Å². The molecule has 0 saturated heterocycles. The van der Waals surface area contributed by atoms with E-state index in [0.29, 0.717) is 11.7 Å². The van der Waals surface area contributed by atoms with Gasteiger partial charge in [0.05, 0.1) is 5.25 Å². The van der Waals surface area contributed by atoms with Crippen LogP contribution < -0.4 is 0 Å². The van der Waals surface area contributed by atoms with E-state index in [-0.39, 0.29) is 10.7 Å². The lowest BCUT2D eigenvalue weighted by Gasteiger charge is -2.57. The summed E-state index contributed by atoms with van der Waals surface area (Å²) in [5, 5.41) is 0.203. The Morgan fingerprint density at radius 2 is 1.88 bits per heavy atom. The summed E-state index contributed by atoms with van der Waals surface area (Å²) < 4.78 is 0. The first kappa shape index (κ1) is 11.3. The molecule has 0 unspecified atom stereocenters. The molecule has 1 aromatic rings. The van der Waals surface area contributed by atoms with Crippen molar-refractivity contribution in [3.8, 4) is 0 Å². The van der Waals surface area contributed by atoms with Gasteiger partial charge in [-0.1, -0.05) is 32.0 Å². The quantitative estimate of drug-likeness (QED) is 0.790. The molecule has 2 bridgehead atoms. The van der Waals surface area contributed by atoms with Gasteiger partial charge >= 0.3 is 0 Å². The van der Waals surface area contributed by atoms with Gasteiger partial charge in [-0.2, -0.15) is 0 Å². The van der Waals surface area contributed by atoms with Gasteiger partial charge in [0, 0.05) is 10.8 Å². The fourth-order valence-corrected chi connectivity index (χ4v) is 4.52. The molecule has 4 rings (SSSR count). The third kappa shape index (κ3) is 1.74. The molecule has 3 atom stereocenters. The van der Waals surface area contributed by atoms with Gasteiger partial charge in [0.25, 0.3) is 0 Å². The predicted octanol–water partition coefficient (Wildman–Crippen LogP) is 3.78. The van der Waals surface area contributed by atoms with Gasteiger partial charge in [0.1, 0.15) is 5.78 Å². The standard InChI is InChI=1S/C15H18OS/c1-15(2)10-8-12(15)14(16)13(9-10)17-11-6-4-3-5-7-11/h3-7,10,12-13H,8-9H2,1-2H3/t10-,12+,13+/m1/s1. The summed E-state index contributed by atoms with van der Waals surface area (Å²) in [4.78, 5) is 13.6. The minimum absolute atomic E-state index is 0.203. The van der Waals surface area contributed by atoms with Gasteiger partial charge in [-0.3, -0.25) is 4.79 Å². The Balaban J connectivity index is 1.74. The van der Waals surface area contributed by atoms with Crippen molar-refractivity contribution in [2.75, 3.05) is 0 Å². The highest BCUT2D eigenvalue weighted by Crippen LogP contribution is 2.59. The zero-order chi connectivity index (χ0) is 12.0. The number of rotatable bonds is 2. The minimum atomic E-state index is 0.203. The minimum Gasteiger partial charge on any atom is -0.298 e. The Labute approximate surface area is 107 Å². The van der Waals surface area contributed by atoms with Crippen LogP contribution in [0.5, 0.6) is 0 Å². The molecule has 3 fully saturated rings. The summed E-state index contributed by atoms with van der Waals surface area (Å²) in [6, 6.07) is 10.3. The molecule has 0 amide bonds. The van der Waals surface area contributed by atoms with Crippen molar-refractivity contribution in [1.82, 2.24) is 0 Å². The van der Waals surface area contributed by atoms with Gasteiger partial charge < -0.3 is 0 Å². The van der Waals surface area contributed by atoms with E-state index in [4.69, 9.17) is 0 Å². The van der Waals surface area contributed by atoms with Crippen molar-refractivity contribution in [3.05, 3.63) is 30.3 Å². The molecule has 0 heterocycles. The fourth-order valence-electron chi connectivity index (χ4n) is 3.27. The Morgan fingerprint density at radius 1 is 1.18 bits per heavy atom. The van der Waals surface area contributed by atoms with E-state index in [9.17, 15) is 4.79 Å². The molecule has 3 aliphatic rings. The molecule has 1 aromatic carbocycles. The largest absolute Gasteiger partial charge is 0.298 e. The van der Waals surface area contributed by atoms with Crippen LogP contribution in [0, 0.1) is 17.3 Å². The summed E-state index contributed by atoms with van der Waals surface area (Å²) in [5.74, 6) is 1.57. The highest BCUT2D eigenvalue weighted by atomic mass is 32.2. The second-order valence-electron chi connectivity index (χ2n) is 5.86. The molecule has 0 aliphatic heterocycles. The molecule has 17 heavy (non-hydrogen) atoms. The fraction of sp³-hybridized carbons (Fsp3) is 0.533. The lowest BCUT2D eigenvalue weighted by Crippen LogP contribution is -2.57. The molecule has 0 spiro atoms. The number of hydrogen-bond acceptors (Lipinski definition) is 2. The molecule has 3 aliphatic carbocycles. The SMILES string of the molecule is CC1(C)[C@H]2C[C@H](Sc3ccccc3)C(=O)[C@@H]1C2. The monoisotopic (exact) mass is 246 g/mol. The van der Waals surface area contributed by atoms with Crippen LogP contribution in [-0.4, -0.2) is 11.0 Å². The zero-order valence-electron chi connectivity index (χ0n) is 10.3. The van der Waals surface area contributed by atoms with Gasteiger partial charge in [-0.05, 0) is 36.3 Å². The maximum Gasteiger partial charge on any atom is 0.149 e. The molecule has 0 N–H and O–H groups in total.